The van der Waals surface area contributed by atoms with Crippen molar-refractivity contribution in [3.05, 3.63) is 58.7 Å². The van der Waals surface area contributed by atoms with E-state index in [1.807, 2.05) is 0 Å². The Bertz CT molecular complexity index is 862. The van der Waals surface area contributed by atoms with Crippen LogP contribution in [0, 0.1) is 0 Å². The van der Waals surface area contributed by atoms with Gasteiger partial charge in [-0.2, -0.15) is 26.3 Å². The maximum atomic E-state index is 13.0. The van der Waals surface area contributed by atoms with Crippen LogP contribution < -0.4 is 10.6 Å². The Kier molecular flexibility index (Phi) is 5.89. The van der Waals surface area contributed by atoms with Gasteiger partial charge in [0.05, 0.1) is 11.1 Å². The third-order valence-corrected chi connectivity index (χ3v) is 4.37. The number of hydrogen-bond acceptors (Lipinski definition) is 2. The molecule has 28 heavy (non-hydrogen) atoms. The first-order valence-corrected chi connectivity index (χ1v) is 7.97. The number of nitrogen functional groups attached to an aromatic ring is 1. The van der Waals surface area contributed by atoms with Crippen LogP contribution in [0.2, 0.25) is 0 Å². The maximum absolute atomic E-state index is 13.0. The van der Waals surface area contributed by atoms with Crippen LogP contribution >= 0.6 is 12.4 Å². The van der Waals surface area contributed by atoms with E-state index in [1.54, 1.807) is 18.2 Å². The summed E-state index contributed by atoms with van der Waals surface area (Å²) in [4.78, 5) is 14.0. The third kappa shape index (κ3) is 4.19. The molecule has 0 saturated carbocycles. The predicted molar refractivity (Wildman–Crippen MR) is 94.5 cm³/mol. The minimum atomic E-state index is -5.01. The van der Waals surface area contributed by atoms with Crippen molar-refractivity contribution in [1.82, 2.24) is 0 Å². The van der Waals surface area contributed by atoms with Gasteiger partial charge in [-0.25, -0.2) is 0 Å². The molecule has 0 aromatic heterocycles. The van der Waals surface area contributed by atoms with Crippen LogP contribution in [-0.2, 0) is 18.8 Å². The second kappa shape index (κ2) is 7.54. The Morgan fingerprint density at radius 3 is 2.07 bits per heavy atom. The van der Waals surface area contributed by atoms with E-state index >= 15 is 0 Å². The second-order valence-electron chi connectivity index (χ2n) is 6.20. The van der Waals surface area contributed by atoms with E-state index in [1.165, 1.54) is 4.90 Å². The summed E-state index contributed by atoms with van der Waals surface area (Å²) in [6.45, 7) is 0.173. The van der Waals surface area contributed by atoms with Gasteiger partial charge in [-0.3, -0.25) is 4.79 Å². The summed E-state index contributed by atoms with van der Waals surface area (Å²) >= 11 is 0. The molecule has 2 aromatic rings. The molecule has 0 spiro atoms. The standard InChI is InChI=1S/C18H14F6N2O.ClH/c19-17(20,21)11-7-10(8-12(9-11)18(22,23)24)16(27)26-6-2-3-13-14(25)4-1-5-15(13)26;/h1,4-5,7-9H,2-3,6,25H2;1H. The molecule has 0 bridgehead atoms. The van der Waals surface area contributed by atoms with E-state index in [0.29, 0.717) is 41.9 Å². The Morgan fingerprint density at radius 2 is 1.54 bits per heavy atom. The molecular weight excluding hydrogens is 410 g/mol. The molecule has 2 aromatic carbocycles. The van der Waals surface area contributed by atoms with Crippen LogP contribution in [0.3, 0.4) is 0 Å². The average Bonchev–Trinajstić information content (AvgIpc) is 2.59. The topological polar surface area (TPSA) is 46.3 Å². The summed E-state index contributed by atoms with van der Waals surface area (Å²) in [6.07, 6.45) is -8.96. The number of fused-ring (bicyclic) bond motifs is 1. The van der Waals surface area contributed by atoms with Gasteiger partial charge in [0.25, 0.3) is 5.91 Å². The fourth-order valence-electron chi connectivity index (χ4n) is 3.10. The number of carbonyl (C=O) groups excluding carboxylic acids is 1. The zero-order chi connectivity index (χ0) is 20.0. The number of rotatable bonds is 1. The summed E-state index contributed by atoms with van der Waals surface area (Å²) in [6, 6.07) is 5.65. The molecule has 0 unspecified atom stereocenters. The number of alkyl halides is 6. The molecule has 0 fully saturated rings. The van der Waals surface area contributed by atoms with Gasteiger partial charge in [0.1, 0.15) is 0 Å². The molecule has 1 aliphatic heterocycles. The van der Waals surface area contributed by atoms with E-state index in [2.05, 4.69) is 0 Å². The minimum Gasteiger partial charge on any atom is -0.398 e. The summed E-state index contributed by atoms with van der Waals surface area (Å²) < 4.78 is 78.1. The summed E-state index contributed by atoms with van der Waals surface area (Å²) in [7, 11) is 0. The third-order valence-electron chi connectivity index (χ3n) is 4.37. The number of hydrogen-bond donors (Lipinski definition) is 1. The Morgan fingerprint density at radius 1 is 0.964 bits per heavy atom. The lowest BCUT2D eigenvalue weighted by atomic mass is 9.98. The number of carbonyl (C=O) groups is 1. The van der Waals surface area contributed by atoms with Gasteiger partial charge in [-0.05, 0) is 48.7 Å². The lowest BCUT2D eigenvalue weighted by Crippen LogP contribution is -2.36. The smallest absolute Gasteiger partial charge is 0.398 e. The van der Waals surface area contributed by atoms with Crippen molar-refractivity contribution in [3.63, 3.8) is 0 Å². The van der Waals surface area contributed by atoms with Crippen molar-refractivity contribution >= 4 is 29.7 Å². The maximum Gasteiger partial charge on any atom is 0.416 e. The minimum absolute atomic E-state index is 0. The van der Waals surface area contributed by atoms with Crippen LogP contribution in [0.25, 0.3) is 0 Å². The predicted octanol–water partition coefficient (Wildman–Crippen LogP) is 5.32. The highest BCUT2D eigenvalue weighted by molar-refractivity contribution is 6.07. The van der Waals surface area contributed by atoms with E-state index in [9.17, 15) is 31.1 Å². The summed E-state index contributed by atoms with van der Waals surface area (Å²) in [5, 5.41) is 0. The van der Waals surface area contributed by atoms with E-state index in [4.69, 9.17) is 5.73 Å². The molecule has 3 rings (SSSR count). The van der Waals surface area contributed by atoms with Crippen LogP contribution in [0.1, 0.15) is 33.5 Å². The van der Waals surface area contributed by atoms with Gasteiger partial charge in [0, 0.05) is 23.5 Å². The van der Waals surface area contributed by atoms with E-state index < -0.39 is 35.0 Å². The summed E-state index contributed by atoms with van der Waals surface area (Å²) in [5.41, 5.74) is 3.62. The zero-order valence-electron chi connectivity index (χ0n) is 14.2. The van der Waals surface area contributed by atoms with E-state index in [0.717, 1.165) is 0 Å². The number of halogens is 7. The Hall–Kier alpha value is -2.42. The SMILES string of the molecule is Cl.Nc1cccc2c1CCCN2C(=O)c1cc(C(F)(F)F)cc(C(F)(F)F)c1. The van der Waals surface area contributed by atoms with E-state index in [-0.39, 0.29) is 25.0 Å². The first-order valence-electron chi connectivity index (χ1n) is 7.97. The van der Waals surface area contributed by atoms with Gasteiger partial charge in [-0.1, -0.05) is 6.07 Å². The van der Waals surface area contributed by atoms with Gasteiger partial charge in [0.2, 0.25) is 0 Å². The van der Waals surface area contributed by atoms with Crippen molar-refractivity contribution in [2.24, 2.45) is 0 Å². The first kappa shape index (κ1) is 21.9. The Labute approximate surface area is 162 Å². The molecule has 10 heteroatoms. The number of amides is 1. The molecule has 1 heterocycles. The monoisotopic (exact) mass is 424 g/mol. The normalized spacial score (nSPS) is 14.3. The summed E-state index contributed by atoms with van der Waals surface area (Å²) in [5.74, 6) is -0.932. The van der Waals surface area contributed by atoms with Gasteiger partial charge >= 0.3 is 12.4 Å². The average molecular weight is 425 g/mol. The largest absolute Gasteiger partial charge is 0.416 e. The van der Waals surface area contributed by atoms with Crippen molar-refractivity contribution in [2.75, 3.05) is 17.2 Å². The highest BCUT2D eigenvalue weighted by Crippen LogP contribution is 2.38. The zero-order valence-corrected chi connectivity index (χ0v) is 15.0. The van der Waals surface area contributed by atoms with Crippen LogP contribution in [0.5, 0.6) is 0 Å². The quantitative estimate of drug-likeness (QED) is 0.497. The molecule has 0 radical (unpaired) electrons. The number of nitrogens with two attached hydrogens (primary N) is 1. The van der Waals surface area contributed by atoms with Crippen molar-refractivity contribution in [2.45, 2.75) is 25.2 Å². The Balaban J connectivity index is 0.00000280. The fourth-order valence-corrected chi connectivity index (χ4v) is 3.10. The van der Waals surface area contributed by atoms with Crippen molar-refractivity contribution in [1.29, 1.82) is 0 Å². The molecule has 2 N–H and O–H groups in total. The number of benzene rings is 2. The molecule has 1 amide bonds. The number of nitrogens with zero attached hydrogens (tertiary/aromatic N) is 1. The first-order chi connectivity index (χ1) is 12.5. The van der Waals surface area contributed by atoms with Crippen LogP contribution in [-0.4, -0.2) is 12.5 Å². The van der Waals surface area contributed by atoms with Gasteiger partial charge < -0.3 is 10.6 Å². The molecule has 0 saturated heterocycles. The molecule has 1 aliphatic rings. The van der Waals surface area contributed by atoms with Crippen molar-refractivity contribution in [3.8, 4) is 0 Å². The molecular formula is C18H15ClF6N2O. The second-order valence-corrected chi connectivity index (χ2v) is 6.20. The fraction of sp³-hybridized carbons (Fsp3) is 0.278. The highest BCUT2D eigenvalue weighted by atomic mass is 35.5. The van der Waals surface area contributed by atoms with Gasteiger partial charge in [-0.15, -0.1) is 12.4 Å². The van der Waals surface area contributed by atoms with Crippen molar-refractivity contribution < 1.29 is 31.1 Å². The number of anilines is 2. The molecule has 0 aliphatic carbocycles. The molecule has 152 valence electrons. The lowest BCUT2D eigenvalue weighted by Gasteiger charge is -2.30. The van der Waals surface area contributed by atoms with Gasteiger partial charge in [0.15, 0.2) is 0 Å². The molecule has 3 nitrogen and oxygen atoms in total. The van der Waals surface area contributed by atoms with Crippen LogP contribution in [0.15, 0.2) is 36.4 Å². The lowest BCUT2D eigenvalue weighted by molar-refractivity contribution is -0.143. The molecule has 0 atom stereocenters. The highest BCUT2D eigenvalue weighted by Gasteiger charge is 2.38. The van der Waals surface area contributed by atoms with Crippen LogP contribution in [0.4, 0.5) is 37.7 Å².